The van der Waals surface area contributed by atoms with Crippen LogP contribution in [0, 0.1) is 0 Å². The topological polar surface area (TPSA) is 84.2 Å². The van der Waals surface area contributed by atoms with Crippen LogP contribution in [-0.4, -0.2) is 22.6 Å². The molecule has 0 saturated heterocycles. The van der Waals surface area contributed by atoms with E-state index in [1.807, 2.05) is 54.6 Å². The van der Waals surface area contributed by atoms with Crippen molar-refractivity contribution in [3.05, 3.63) is 60.2 Å². The molecular formula is C17H15N3O3S. The van der Waals surface area contributed by atoms with Gasteiger partial charge in [0.2, 0.25) is 11.8 Å². The number of thioether (sulfide) groups is 1. The molecule has 3 aromatic rings. The van der Waals surface area contributed by atoms with E-state index in [1.165, 1.54) is 11.8 Å². The first-order valence-electron chi connectivity index (χ1n) is 7.31. The van der Waals surface area contributed by atoms with Gasteiger partial charge in [0.05, 0.1) is 12.2 Å². The smallest absolute Gasteiger partial charge is 0.257 e. The number of benzene rings is 2. The summed E-state index contributed by atoms with van der Waals surface area (Å²) in [6, 6.07) is 16.7. The minimum Gasteiger partial charge on any atom is -0.431 e. The predicted octanol–water partition coefficient (Wildman–Crippen LogP) is 2.31. The van der Waals surface area contributed by atoms with Crippen LogP contribution >= 0.6 is 11.8 Å². The molecule has 2 amide bonds. The number of nitrogens with one attached hydrogen (secondary N) is 2. The number of hydrazine groups is 1. The fraction of sp³-hybridized carbons (Fsp3) is 0.118. The highest BCUT2D eigenvalue weighted by Crippen LogP contribution is 2.22. The van der Waals surface area contributed by atoms with Gasteiger partial charge in [0.25, 0.3) is 5.22 Å². The molecule has 7 heteroatoms. The van der Waals surface area contributed by atoms with Crippen molar-refractivity contribution in [1.29, 1.82) is 0 Å². The Morgan fingerprint density at radius 2 is 1.67 bits per heavy atom. The average molecular weight is 341 g/mol. The molecule has 0 aliphatic heterocycles. The largest absolute Gasteiger partial charge is 0.431 e. The third kappa shape index (κ3) is 4.36. The SMILES string of the molecule is O=C(CSc1nc2ccccc2o1)NNC(=O)Cc1ccccc1. The van der Waals surface area contributed by atoms with Crippen molar-refractivity contribution in [3.8, 4) is 0 Å². The number of hydrogen-bond acceptors (Lipinski definition) is 5. The monoisotopic (exact) mass is 341 g/mol. The van der Waals surface area contributed by atoms with Crippen molar-refractivity contribution in [3.63, 3.8) is 0 Å². The lowest BCUT2D eigenvalue weighted by atomic mass is 10.1. The molecule has 0 spiro atoms. The molecule has 1 heterocycles. The molecule has 0 aliphatic rings. The number of rotatable bonds is 5. The molecule has 0 saturated carbocycles. The van der Waals surface area contributed by atoms with Gasteiger partial charge in [0, 0.05) is 0 Å². The van der Waals surface area contributed by atoms with Crippen molar-refractivity contribution in [2.75, 3.05) is 5.75 Å². The standard InChI is InChI=1S/C17H15N3O3S/c21-15(10-12-6-2-1-3-7-12)19-20-16(22)11-24-17-18-13-8-4-5-9-14(13)23-17/h1-9H,10-11H2,(H,19,21)(H,20,22). The van der Waals surface area contributed by atoms with Crippen LogP contribution < -0.4 is 10.9 Å². The summed E-state index contributed by atoms with van der Waals surface area (Å²) in [5, 5.41) is 0.418. The minimum absolute atomic E-state index is 0.0957. The van der Waals surface area contributed by atoms with Gasteiger partial charge in [-0.05, 0) is 17.7 Å². The number of carbonyl (C=O) groups excluding carboxylic acids is 2. The Morgan fingerprint density at radius 3 is 2.46 bits per heavy atom. The molecule has 0 unspecified atom stereocenters. The van der Waals surface area contributed by atoms with Gasteiger partial charge < -0.3 is 4.42 Å². The Balaban J connectivity index is 1.43. The van der Waals surface area contributed by atoms with Crippen LogP contribution in [-0.2, 0) is 16.0 Å². The molecule has 6 nitrogen and oxygen atoms in total. The van der Waals surface area contributed by atoms with Crippen molar-refractivity contribution < 1.29 is 14.0 Å². The minimum atomic E-state index is -0.330. The van der Waals surface area contributed by atoms with Gasteiger partial charge in [-0.2, -0.15) is 0 Å². The molecular weight excluding hydrogens is 326 g/mol. The second-order valence-corrected chi connectivity index (χ2v) is 5.92. The number of fused-ring (bicyclic) bond motifs is 1. The summed E-state index contributed by atoms with van der Waals surface area (Å²) in [6.45, 7) is 0. The third-order valence-electron chi connectivity index (χ3n) is 3.15. The highest BCUT2D eigenvalue weighted by atomic mass is 32.2. The van der Waals surface area contributed by atoms with Crippen LogP contribution in [0.4, 0.5) is 0 Å². The molecule has 0 fully saturated rings. The Morgan fingerprint density at radius 1 is 0.958 bits per heavy atom. The van der Waals surface area contributed by atoms with Gasteiger partial charge in [-0.3, -0.25) is 20.4 Å². The van der Waals surface area contributed by atoms with Crippen LogP contribution in [0.2, 0.25) is 0 Å². The van der Waals surface area contributed by atoms with Gasteiger partial charge in [-0.1, -0.05) is 54.2 Å². The van der Waals surface area contributed by atoms with Gasteiger partial charge in [0.1, 0.15) is 5.52 Å². The van der Waals surface area contributed by atoms with Crippen LogP contribution in [0.1, 0.15) is 5.56 Å². The van der Waals surface area contributed by atoms with E-state index < -0.39 is 0 Å². The van der Waals surface area contributed by atoms with Crippen molar-refractivity contribution in [1.82, 2.24) is 15.8 Å². The summed E-state index contributed by atoms with van der Waals surface area (Å²) in [4.78, 5) is 27.8. The molecule has 122 valence electrons. The number of hydrogen-bond donors (Lipinski definition) is 2. The molecule has 1 aromatic heterocycles. The first kappa shape index (κ1) is 16.1. The Hall–Kier alpha value is -2.80. The maximum atomic E-state index is 11.8. The van der Waals surface area contributed by atoms with Gasteiger partial charge in [0.15, 0.2) is 5.58 Å². The maximum absolute atomic E-state index is 11.8. The molecule has 24 heavy (non-hydrogen) atoms. The van der Waals surface area contributed by atoms with Gasteiger partial charge >= 0.3 is 0 Å². The highest BCUT2D eigenvalue weighted by molar-refractivity contribution is 7.99. The summed E-state index contributed by atoms with van der Waals surface area (Å²) < 4.78 is 5.51. The van der Waals surface area contributed by atoms with Crippen LogP contribution in [0.3, 0.4) is 0 Å². The summed E-state index contributed by atoms with van der Waals surface area (Å²) in [5.41, 5.74) is 7.07. The second-order valence-electron chi connectivity index (χ2n) is 4.99. The molecule has 0 atom stereocenters. The summed E-state index contributed by atoms with van der Waals surface area (Å²) in [6.07, 6.45) is 0.208. The zero-order valence-corrected chi connectivity index (χ0v) is 13.5. The lowest BCUT2D eigenvalue weighted by molar-refractivity contribution is -0.127. The number of nitrogens with zero attached hydrogens (tertiary/aromatic N) is 1. The number of oxazole rings is 1. The van der Waals surface area contributed by atoms with E-state index in [4.69, 9.17) is 4.42 Å². The molecule has 0 bridgehead atoms. The molecule has 3 rings (SSSR count). The number of para-hydroxylation sites is 2. The Kier molecular flexibility index (Phi) is 5.12. The Bertz CT molecular complexity index is 815. The van der Waals surface area contributed by atoms with E-state index in [-0.39, 0.29) is 24.0 Å². The highest BCUT2D eigenvalue weighted by Gasteiger charge is 2.10. The molecule has 2 aromatic carbocycles. The molecule has 0 aliphatic carbocycles. The predicted molar refractivity (Wildman–Crippen MR) is 91.2 cm³/mol. The number of carbonyl (C=O) groups is 2. The summed E-state index contributed by atoms with van der Waals surface area (Å²) in [7, 11) is 0. The second kappa shape index (κ2) is 7.65. The zero-order valence-electron chi connectivity index (χ0n) is 12.7. The van der Waals surface area contributed by atoms with Gasteiger partial charge in [-0.25, -0.2) is 4.98 Å². The van der Waals surface area contributed by atoms with Gasteiger partial charge in [-0.15, -0.1) is 0 Å². The Labute approximate surface area is 142 Å². The molecule has 0 radical (unpaired) electrons. The normalized spacial score (nSPS) is 10.5. The van der Waals surface area contributed by atoms with Crippen LogP contribution in [0.25, 0.3) is 11.1 Å². The van der Waals surface area contributed by atoms with Crippen molar-refractivity contribution in [2.45, 2.75) is 11.6 Å². The first-order chi connectivity index (χ1) is 11.7. The third-order valence-corrected chi connectivity index (χ3v) is 3.98. The maximum Gasteiger partial charge on any atom is 0.257 e. The van der Waals surface area contributed by atoms with Crippen LogP contribution in [0.5, 0.6) is 0 Å². The lowest BCUT2D eigenvalue weighted by Crippen LogP contribution is -2.43. The lowest BCUT2D eigenvalue weighted by Gasteiger charge is -2.06. The quantitative estimate of drug-likeness (QED) is 0.549. The van der Waals surface area contributed by atoms with E-state index in [0.29, 0.717) is 10.8 Å². The summed E-state index contributed by atoms with van der Waals surface area (Å²) in [5.74, 6) is -0.511. The van der Waals surface area contributed by atoms with Crippen LogP contribution in [0.15, 0.2) is 64.2 Å². The molecule has 2 N–H and O–H groups in total. The fourth-order valence-electron chi connectivity index (χ4n) is 2.04. The van der Waals surface area contributed by atoms with E-state index in [0.717, 1.165) is 11.1 Å². The average Bonchev–Trinajstić information content (AvgIpc) is 3.02. The van der Waals surface area contributed by atoms with E-state index in [2.05, 4.69) is 15.8 Å². The van der Waals surface area contributed by atoms with Crippen molar-refractivity contribution in [2.24, 2.45) is 0 Å². The van der Waals surface area contributed by atoms with E-state index in [1.54, 1.807) is 0 Å². The first-order valence-corrected chi connectivity index (χ1v) is 8.29. The fourth-order valence-corrected chi connectivity index (χ4v) is 2.68. The zero-order chi connectivity index (χ0) is 16.8. The number of aromatic nitrogens is 1. The summed E-state index contributed by atoms with van der Waals surface area (Å²) >= 11 is 1.17. The number of amides is 2. The van der Waals surface area contributed by atoms with E-state index >= 15 is 0 Å². The van der Waals surface area contributed by atoms with E-state index in [9.17, 15) is 9.59 Å². The van der Waals surface area contributed by atoms with Crippen molar-refractivity contribution >= 4 is 34.7 Å².